The lowest BCUT2D eigenvalue weighted by Gasteiger charge is -2.36. The first-order chi connectivity index (χ1) is 18.1. The molecule has 0 radical (unpaired) electrons. The third-order valence-electron chi connectivity index (χ3n) is 8.78. The number of aryl methyl sites for hydroxylation is 2. The van der Waals surface area contributed by atoms with Crippen molar-refractivity contribution in [1.29, 1.82) is 0 Å². The van der Waals surface area contributed by atoms with Crippen molar-refractivity contribution >= 4 is 35.2 Å². The Balaban J connectivity index is 1.50. The number of thioether (sulfide) groups is 1. The van der Waals surface area contributed by atoms with E-state index in [-0.39, 0.29) is 24.3 Å². The summed E-state index contributed by atoms with van der Waals surface area (Å²) in [6.45, 7) is 8.06. The van der Waals surface area contributed by atoms with Crippen LogP contribution in [0.2, 0.25) is 0 Å². The Hall–Kier alpha value is -2.84. The molecule has 6 atom stereocenters. The predicted molar refractivity (Wildman–Crippen MR) is 150 cm³/mol. The molecule has 8 heteroatoms. The molecule has 3 aliphatic heterocycles. The van der Waals surface area contributed by atoms with E-state index in [0.717, 1.165) is 28.8 Å². The number of rotatable bonds is 8. The normalized spacial score (nSPS) is 30.3. The van der Waals surface area contributed by atoms with E-state index in [9.17, 15) is 19.5 Å². The molecule has 0 saturated carbocycles. The van der Waals surface area contributed by atoms with Crippen LogP contribution in [-0.4, -0.2) is 55.9 Å². The monoisotopic (exact) mass is 535 g/mol. The summed E-state index contributed by atoms with van der Waals surface area (Å²) in [5, 5.41) is 16.4. The van der Waals surface area contributed by atoms with Gasteiger partial charge in [-0.1, -0.05) is 49.4 Å². The highest BCUT2D eigenvalue weighted by Crippen LogP contribution is 2.71. The molecule has 0 aliphatic carbocycles. The highest BCUT2D eigenvalue weighted by atomic mass is 32.2. The first-order valence-electron chi connectivity index (χ1n) is 13.5. The molecule has 2 aromatic carbocycles. The summed E-state index contributed by atoms with van der Waals surface area (Å²) >= 11 is 1.64. The zero-order valence-corrected chi connectivity index (χ0v) is 23.3. The Labute approximate surface area is 228 Å². The lowest BCUT2D eigenvalue weighted by Crippen LogP contribution is -2.54. The summed E-state index contributed by atoms with van der Waals surface area (Å²) in [6.07, 6.45) is 1.95. The van der Waals surface area contributed by atoms with Crippen molar-refractivity contribution in [1.82, 2.24) is 10.2 Å². The summed E-state index contributed by atoms with van der Waals surface area (Å²) in [4.78, 5) is 43.6. The highest BCUT2D eigenvalue weighted by molar-refractivity contribution is 8.02. The summed E-state index contributed by atoms with van der Waals surface area (Å²) < 4.78 is -1.16. The molecule has 38 heavy (non-hydrogen) atoms. The largest absolute Gasteiger partial charge is 0.394 e. The fourth-order valence-electron chi connectivity index (χ4n) is 6.84. The molecule has 0 aromatic heterocycles. The van der Waals surface area contributed by atoms with Crippen LogP contribution in [0.5, 0.6) is 0 Å². The number of carbonyl (C=O) groups is 3. The van der Waals surface area contributed by atoms with Crippen LogP contribution in [0.1, 0.15) is 49.8 Å². The zero-order valence-electron chi connectivity index (χ0n) is 22.5. The molecule has 3 aliphatic rings. The van der Waals surface area contributed by atoms with Gasteiger partial charge in [-0.2, -0.15) is 0 Å². The molecule has 3 amide bonds. The standard InChI is InChI=1S/C30H37N3O4S/c1-5-21(17-34)33-25(27(36)32-22-15-18(2)11-12-19(22)3)30-14-13-29(4,38-30)23(24(30)28(33)37)26(35)31-16-20-9-7-6-8-10-20/h6-12,15,21,23-25,34H,5,13-14,16-17H2,1-4H3,(H,31,35)(H,32,36)/t21-,23-,24-,25?,29+,30?/m0/s1. The van der Waals surface area contributed by atoms with Gasteiger partial charge in [-0.05, 0) is 62.8 Å². The zero-order chi connectivity index (χ0) is 27.2. The summed E-state index contributed by atoms with van der Waals surface area (Å²) in [5.74, 6) is -1.74. The van der Waals surface area contributed by atoms with Crippen molar-refractivity contribution in [3.63, 3.8) is 0 Å². The van der Waals surface area contributed by atoms with Crippen LogP contribution in [0.25, 0.3) is 0 Å². The molecule has 7 nitrogen and oxygen atoms in total. The van der Waals surface area contributed by atoms with Gasteiger partial charge in [0.2, 0.25) is 17.7 Å². The van der Waals surface area contributed by atoms with Gasteiger partial charge in [-0.3, -0.25) is 14.4 Å². The molecule has 5 rings (SSSR count). The van der Waals surface area contributed by atoms with Crippen LogP contribution >= 0.6 is 11.8 Å². The van der Waals surface area contributed by atoms with E-state index >= 15 is 0 Å². The van der Waals surface area contributed by atoms with Crippen LogP contribution in [0.4, 0.5) is 5.69 Å². The van der Waals surface area contributed by atoms with Gasteiger partial charge in [0.05, 0.1) is 29.2 Å². The first-order valence-corrected chi connectivity index (χ1v) is 14.3. The number of aliphatic hydroxyl groups excluding tert-OH is 1. The SMILES string of the molecule is CC[C@@H](CO)N1C(=O)[C@@H]2[C@@H](C(=O)NCc3ccccc3)[C@@]3(C)CCC2(S3)C1C(=O)Nc1cc(C)ccc1C. The molecule has 3 N–H and O–H groups in total. The second kappa shape index (κ2) is 10.0. The minimum Gasteiger partial charge on any atom is -0.394 e. The maximum Gasteiger partial charge on any atom is 0.248 e. The van der Waals surface area contributed by atoms with Crippen molar-refractivity contribution in [3.05, 3.63) is 65.2 Å². The number of fused-ring (bicyclic) bond motifs is 1. The Kier molecular flexibility index (Phi) is 7.07. The molecular formula is C30H37N3O4S. The van der Waals surface area contributed by atoms with Gasteiger partial charge in [0.1, 0.15) is 6.04 Å². The van der Waals surface area contributed by atoms with Crippen LogP contribution in [0, 0.1) is 25.7 Å². The number of aliphatic hydroxyl groups is 1. The molecular weight excluding hydrogens is 498 g/mol. The third kappa shape index (κ3) is 4.22. The van der Waals surface area contributed by atoms with Crippen molar-refractivity contribution in [2.24, 2.45) is 11.8 Å². The van der Waals surface area contributed by atoms with Gasteiger partial charge in [-0.25, -0.2) is 0 Å². The minimum absolute atomic E-state index is 0.142. The quantitative estimate of drug-likeness (QED) is 0.478. The maximum absolute atomic E-state index is 14.2. The fraction of sp³-hybridized carbons (Fsp3) is 0.500. The number of amides is 3. The maximum atomic E-state index is 14.2. The van der Waals surface area contributed by atoms with Gasteiger partial charge in [0, 0.05) is 17.0 Å². The number of hydrogen-bond donors (Lipinski definition) is 3. The molecule has 2 bridgehead atoms. The van der Waals surface area contributed by atoms with Crippen molar-refractivity contribution in [2.75, 3.05) is 11.9 Å². The Bertz CT molecular complexity index is 1250. The van der Waals surface area contributed by atoms with Gasteiger partial charge in [-0.15, -0.1) is 11.8 Å². The van der Waals surface area contributed by atoms with Gasteiger partial charge >= 0.3 is 0 Å². The van der Waals surface area contributed by atoms with Crippen LogP contribution in [0.3, 0.4) is 0 Å². The van der Waals surface area contributed by atoms with E-state index < -0.39 is 33.4 Å². The molecule has 3 fully saturated rings. The topological polar surface area (TPSA) is 98.7 Å². The average molecular weight is 536 g/mol. The van der Waals surface area contributed by atoms with E-state index in [4.69, 9.17) is 0 Å². The van der Waals surface area contributed by atoms with E-state index in [0.29, 0.717) is 19.4 Å². The lowest BCUT2D eigenvalue weighted by molar-refractivity contribution is -0.142. The summed E-state index contributed by atoms with van der Waals surface area (Å²) in [7, 11) is 0. The number of anilines is 1. The van der Waals surface area contributed by atoms with Crippen LogP contribution in [0.15, 0.2) is 48.5 Å². The van der Waals surface area contributed by atoms with E-state index in [1.165, 1.54) is 0 Å². The van der Waals surface area contributed by atoms with Gasteiger partial charge in [0.25, 0.3) is 0 Å². The highest BCUT2D eigenvalue weighted by Gasteiger charge is 2.77. The molecule has 2 aromatic rings. The number of nitrogens with zero attached hydrogens (tertiary/aromatic N) is 1. The van der Waals surface area contributed by atoms with Crippen LogP contribution < -0.4 is 10.6 Å². The molecule has 202 valence electrons. The second-order valence-electron chi connectivity index (χ2n) is 11.2. The van der Waals surface area contributed by atoms with E-state index in [1.54, 1.807) is 16.7 Å². The molecule has 2 unspecified atom stereocenters. The Morgan fingerprint density at radius 3 is 2.55 bits per heavy atom. The van der Waals surface area contributed by atoms with E-state index in [2.05, 4.69) is 17.6 Å². The van der Waals surface area contributed by atoms with Gasteiger partial charge in [0.15, 0.2) is 0 Å². The van der Waals surface area contributed by atoms with Crippen molar-refractivity contribution in [3.8, 4) is 0 Å². The Morgan fingerprint density at radius 2 is 1.87 bits per heavy atom. The molecule has 3 heterocycles. The average Bonchev–Trinajstić information content (AvgIpc) is 3.47. The Morgan fingerprint density at radius 1 is 1.13 bits per heavy atom. The first kappa shape index (κ1) is 26.8. The minimum atomic E-state index is -0.768. The number of benzene rings is 2. The summed E-state index contributed by atoms with van der Waals surface area (Å²) in [5.41, 5.74) is 3.69. The molecule has 3 saturated heterocycles. The van der Waals surface area contributed by atoms with Gasteiger partial charge < -0.3 is 20.6 Å². The summed E-state index contributed by atoms with van der Waals surface area (Å²) in [6, 6.07) is 14.4. The smallest absolute Gasteiger partial charge is 0.248 e. The fourth-order valence-corrected chi connectivity index (χ4v) is 9.18. The van der Waals surface area contributed by atoms with Crippen LogP contribution in [-0.2, 0) is 20.9 Å². The second-order valence-corrected chi connectivity index (χ2v) is 13.1. The predicted octanol–water partition coefficient (Wildman–Crippen LogP) is 3.81. The number of likely N-dealkylation sites (tertiary alicyclic amines) is 1. The number of nitrogens with one attached hydrogen (secondary N) is 2. The van der Waals surface area contributed by atoms with Crippen molar-refractivity contribution in [2.45, 2.75) is 75.1 Å². The molecule has 1 spiro atoms. The van der Waals surface area contributed by atoms with Crippen molar-refractivity contribution < 1.29 is 19.5 Å². The lowest BCUT2D eigenvalue weighted by atomic mass is 9.66. The van der Waals surface area contributed by atoms with E-state index in [1.807, 2.05) is 69.3 Å². The number of hydrogen-bond acceptors (Lipinski definition) is 5. The third-order valence-corrected chi connectivity index (χ3v) is 10.8. The number of carbonyl (C=O) groups excluding carboxylic acids is 3.